The summed E-state index contributed by atoms with van der Waals surface area (Å²) in [5.41, 5.74) is 0. The van der Waals surface area contributed by atoms with Crippen molar-refractivity contribution in [2.45, 2.75) is 0 Å². The van der Waals surface area contributed by atoms with Gasteiger partial charge in [-0.05, 0) is 40.8 Å². The number of hydrogen-bond acceptors (Lipinski definition) is 3. The zero-order valence-electron chi connectivity index (χ0n) is 7.52. The van der Waals surface area contributed by atoms with Gasteiger partial charge in [-0.2, -0.15) is 0 Å². The Morgan fingerprint density at radius 2 is 1.93 bits per heavy atom. The minimum atomic E-state index is 0.355. The zero-order valence-corrected chi connectivity index (χ0v) is 11.3. The Labute approximate surface area is 109 Å². The highest BCUT2D eigenvalue weighted by Gasteiger charge is 1.99. The Bertz CT molecular complexity index is 461. The minimum absolute atomic E-state index is 0.355. The van der Waals surface area contributed by atoms with Crippen LogP contribution in [0.4, 0.5) is 0 Å². The Kier molecular flexibility index (Phi) is 3.53. The highest BCUT2D eigenvalue weighted by molar-refractivity contribution is 14.1. The molecule has 1 aromatic carbocycles. The van der Waals surface area contributed by atoms with E-state index in [1.807, 2.05) is 24.3 Å². The van der Waals surface area contributed by atoms with Crippen molar-refractivity contribution in [1.29, 1.82) is 0 Å². The second-order valence-electron chi connectivity index (χ2n) is 2.74. The SMILES string of the molecule is Brc1cccc(Oc2ncc(I)cn2)c1. The number of aromatic nitrogens is 2. The van der Waals surface area contributed by atoms with Gasteiger partial charge in [-0.3, -0.25) is 0 Å². The van der Waals surface area contributed by atoms with Gasteiger partial charge < -0.3 is 4.74 Å². The van der Waals surface area contributed by atoms with Crippen LogP contribution in [0, 0.1) is 3.57 Å². The van der Waals surface area contributed by atoms with Gasteiger partial charge in [0.05, 0.1) is 0 Å². The molecule has 5 heteroatoms. The largest absolute Gasteiger partial charge is 0.424 e. The van der Waals surface area contributed by atoms with Gasteiger partial charge in [-0.15, -0.1) is 0 Å². The molecule has 0 bridgehead atoms. The van der Waals surface area contributed by atoms with Crippen molar-refractivity contribution in [1.82, 2.24) is 9.97 Å². The van der Waals surface area contributed by atoms with Crippen molar-refractivity contribution in [3.8, 4) is 11.8 Å². The van der Waals surface area contributed by atoms with E-state index in [1.54, 1.807) is 12.4 Å². The zero-order chi connectivity index (χ0) is 10.7. The van der Waals surface area contributed by atoms with E-state index in [-0.39, 0.29) is 0 Å². The third-order valence-electron chi connectivity index (χ3n) is 1.60. The minimum Gasteiger partial charge on any atom is -0.424 e. The van der Waals surface area contributed by atoms with E-state index >= 15 is 0 Å². The molecule has 0 saturated carbocycles. The summed E-state index contributed by atoms with van der Waals surface area (Å²) < 4.78 is 7.40. The molecule has 0 saturated heterocycles. The van der Waals surface area contributed by atoms with Gasteiger partial charge in [0, 0.05) is 20.4 Å². The van der Waals surface area contributed by atoms with Gasteiger partial charge in [0.25, 0.3) is 0 Å². The number of halogens is 2. The summed E-state index contributed by atoms with van der Waals surface area (Å²) in [6.45, 7) is 0. The van der Waals surface area contributed by atoms with Gasteiger partial charge in [-0.25, -0.2) is 9.97 Å². The maximum Gasteiger partial charge on any atom is 0.321 e. The smallest absolute Gasteiger partial charge is 0.321 e. The van der Waals surface area contributed by atoms with Crippen molar-refractivity contribution in [2.24, 2.45) is 0 Å². The molecule has 0 N–H and O–H groups in total. The molecule has 0 aliphatic carbocycles. The monoisotopic (exact) mass is 376 g/mol. The molecule has 0 atom stereocenters. The second kappa shape index (κ2) is 4.89. The first-order valence-corrected chi connectivity index (χ1v) is 6.02. The van der Waals surface area contributed by atoms with E-state index in [4.69, 9.17) is 4.74 Å². The van der Waals surface area contributed by atoms with E-state index in [1.165, 1.54) is 0 Å². The lowest BCUT2D eigenvalue weighted by atomic mass is 10.3. The van der Waals surface area contributed by atoms with Crippen LogP contribution < -0.4 is 4.74 Å². The summed E-state index contributed by atoms with van der Waals surface area (Å²) in [4.78, 5) is 8.09. The van der Waals surface area contributed by atoms with Crippen LogP contribution in [0.5, 0.6) is 11.8 Å². The number of hydrogen-bond donors (Lipinski definition) is 0. The number of rotatable bonds is 2. The molecule has 0 spiro atoms. The van der Waals surface area contributed by atoms with E-state index in [0.717, 1.165) is 8.04 Å². The normalized spacial score (nSPS) is 10.0. The quantitative estimate of drug-likeness (QED) is 0.750. The number of benzene rings is 1. The van der Waals surface area contributed by atoms with Crippen LogP contribution >= 0.6 is 38.5 Å². The highest BCUT2D eigenvalue weighted by atomic mass is 127. The van der Waals surface area contributed by atoms with Crippen LogP contribution in [-0.2, 0) is 0 Å². The van der Waals surface area contributed by atoms with Crippen LogP contribution in [0.15, 0.2) is 41.1 Å². The average molecular weight is 377 g/mol. The lowest BCUT2D eigenvalue weighted by Crippen LogP contribution is -1.91. The van der Waals surface area contributed by atoms with Gasteiger partial charge in [-0.1, -0.05) is 22.0 Å². The van der Waals surface area contributed by atoms with Crippen LogP contribution in [0.1, 0.15) is 0 Å². The van der Waals surface area contributed by atoms with E-state index < -0.39 is 0 Å². The number of nitrogens with zero attached hydrogens (tertiary/aromatic N) is 2. The predicted octanol–water partition coefficient (Wildman–Crippen LogP) is 3.64. The summed E-state index contributed by atoms with van der Waals surface area (Å²) >= 11 is 5.51. The molecular formula is C10H6BrIN2O. The van der Waals surface area contributed by atoms with E-state index in [2.05, 4.69) is 48.5 Å². The van der Waals surface area contributed by atoms with Crippen LogP contribution in [-0.4, -0.2) is 9.97 Å². The summed E-state index contributed by atoms with van der Waals surface area (Å²) in [5.74, 6) is 0.714. The van der Waals surface area contributed by atoms with E-state index in [0.29, 0.717) is 11.8 Å². The third kappa shape index (κ3) is 3.13. The number of ether oxygens (including phenoxy) is 1. The van der Waals surface area contributed by atoms with Crippen LogP contribution in [0.25, 0.3) is 0 Å². The van der Waals surface area contributed by atoms with E-state index in [9.17, 15) is 0 Å². The summed E-state index contributed by atoms with van der Waals surface area (Å²) in [5, 5.41) is 0. The molecule has 3 nitrogen and oxygen atoms in total. The van der Waals surface area contributed by atoms with Crippen LogP contribution in [0.3, 0.4) is 0 Å². The molecule has 0 radical (unpaired) electrons. The van der Waals surface area contributed by atoms with Crippen molar-refractivity contribution in [3.05, 3.63) is 44.7 Å². The molecule has 0 fully saturated rings. The van der Waals surface area contributed by atoms with Gasteiger partial charge in [0.1, 0.15) is 5.75 Å². The third-order valence-corrected chi connectivity index (χ3v) is 2.65. The average Bonchev–Trinajstić information content (AvgIpc) is 2.22. The summed E-state index contributed by atoms with van der Waals surface area (Å²) in [7, 11) is 0. The molecule has 0 unspecified atom stereocenters. The van der Waals surface area contributed by atoms with Crippen molar-refractivity contribution in [2.75, 3.05) is 0 Å². The summed E-state index contributed by atoms with van der Waals surface area (Å²) in [6.07, 6.45) is 3.42. The predicted molar refractivity (Wildman–Crippen MR) is 69.0 cm³/mol. The van der Waals surface area contributed by atoms with Crippen LogP contribution in [0.2, 0.25) is 0 Å². The fraction of sp³-hybridized carbons (Fsp3) is 0. The summed E-state index contributed by atoms with van der Waals surface area (Å²) in [6, 6.07) is 7.90. The molecule has 1 aromatic heterocycles. The maximum absolute atomic E-state index is 5.46. The molecule has 0 aliphatic heterocycles. The second-order valence-corrected chi connectivity index (χ2v) is 4.90. The lowest BCUT2D eigenvalue weighted by molar-refractivity contribution is 0.441. The molecule has 15 heavy (non-hydrogen) atoms. The first-order valence-electron chi connectivity index (χ1n) is 4.15. The standard InChI is InChI=1S/C10H6BrIN2O/c11-7-2-1-3-9(4-7)15-10-13-5-8(12)6-14-10/h1-6H. The Hall–Kier alpha value is -0.690. The van der Waals surface area contributed by atoms with Gasteiger partial charge in [0.2, 0.25) is 0 Å². The van der Waals surface area contributed by atoms with Crippen molar-refractivity contribution in [3.63, 3.8) is 0 Å². The molecule has 2 aromatic rings. The molecule has 1 heterocycles. The Morgan fingerprint density at radius 1 is 1.20 bits per heavy atom. The highest BCUT2D eigenvalue weighted by Crippen LogP contribution is 2.21. The molecular weight excluding hydrogens is 371 g/mol. The first-order chi connectivity index (χ1) is 7.24. The van der Waals surface area contributed by atoms with Gasteiger partial charge in [0.15, 0.2) is 0 Å². The van der Waals surface area contributed by atoms with Gasteiger partial charge >= 0.3 is 6.01 Å². The first kappa shape index (κ1) is 10.8. The fourth-order valence-corrected chi connectivity index (χ4v) is 1.65. The van der Waals surface area contributed by atoms with Crippen molar-refractivity contribution < 1.29 is 4.74 Å². The maximum atomic E-state index is 5.46. The molecule has 0 amide bonds. The lowest BCUT2D eigenvalue weighted by Gasteiger charge is -2.03. The van der Waals surface area contributed by atoms with Crippen molar-refractivity contribution >= 4 is 38.5 Å². The molecule has 2 rings (SSSR count). The molecule has 76 valence electrons. The molecule has 0 aliphatic rings. The topological polar surface area (TPSA) is 35.0 Å². The fourth-order valence-electron chi connectivity index (χ4n) is 0.989. The Morgan fingerprint density at radius 3 is 2.60 bits per heavy atom. The Balaban J connectivity index is 2.18.